The molecular formula is C17H16N6S. The van der Waals surface area contributed by atoms with Crippen molar-refractivity contribution in [3.05, 3.63) is 46.7 Å². The van der Waals surface area contributed by atoms with E-state index < -0.39 is 0 Å². The normalized spacial score (nSPS) is 11.7. The third-order valence-electron chi connectivity index (χ3n) is 3.72. The zero-order valence-electron chi connectivity index (χ0n) is 13.2. The Morgan fingerprint density at radius 2 is 2.12 bits per heavy atom. The zero-order valence-corrected chi connectivity index (χ0v) is 14.0. The van der Waals surface area contributed by atoms with Crippen molar-refractivity contribution in [1.29, 1.82) is 0 Å². The van der Waals surface area contributed by atoms with Crippen molar-refractivity contribution in [2.24, 2.45) is 5.10 Å². The number of rotatable bonds is 5. The molecule has 0 aliphatic carbocycles. The lowest BCUT2D eigenvalue weighted by molar-refractivity contribution is 0.716. The van der Waals surface area contributed by atoms with Crippen LogP contribution < -0.4 is 5.43 Å². The number of hydrazone groups is 1. The highest BCUT2D eigenvalue weighted by Gasteiger charge is 2.13. The molecule has 1 aromatic carbocycles. The van der Waals surface area contributed by atoms with Gasteiger partial charge < -0.3 is 4.57 Å². The lowest BCUT2D eigenvalue weighted by Gasteiger charge is -2.04. The van der Waals surface area contributed by atoms with Crippen LogP contribution in [0.3, 0.4) is 0 Å². The quantitative estimate of drug-likeness (QED) is 0.443. The average Bonchev–Trinajstić information content (AvgIpc) is 3.23. The number of fused-ring (bicyclic) bond motifs is 3. The monoisotopic (exact) mass is 336 g/mol. The van der Waals surface area contributed by atoms with Crippen molar-refractivity contribution in [2.45, 2.75) is 19.9 Å². The van der Waals surface area contributed by atoms with Gasteiger partial charge in [-0.2, -0.15) is 10.1 Å². The lowest BCUT2D eigenvalue weighted by atomic mass is 10.2. The smallest absolute Gasteiger partial charge is 0.265 e. The van der Waals surface area contributed by atoms with E-state index in [1.807, 2.05) is 29.6 Å². The van der Waals surface area contributed by atoms with Gasteiger partial charge in [-0.3, -0.25) is 0 Å². The van der Waals surface area contributed by atoms with Crippen LogP contribution in [0.15, 0.2) is 46.9 Å². The minimum Gasteiger partial charge on any atom is -0.324 e. The Hall–Kier alpha value is -2.80. The maximum Gasteiger partial charge on any atom is 0.265 e. The molecule has 4 rings (SSSR count). The molecule has 4 aromatic rings. The zero-order chi connectivity index (χ0) is 16.4. The van der Waals surface area contributed by atoms with Crippen LogP contribution >= 0.6 is 11.3 Å². The summed E-state index contributed by atoms with van der Waals surface area (Å²) in [6.45, 7) is 3.04. The highest BCUT2D eigenvalue weighted by atomic mass is 32.1. The van der Waals surface area contributed by atoms with Crippen LogP contribution in [0.2, 0.25) is 0 Å². The van der Waals surface area contributed by atoms with Crippen LogP contribution in [0.25, 0.3) is 22.1 Å². The molecule has 0 radical (unpaired) electrons. The molecule has 0 spiro atoms. The number of thiophene rings is 1. The maximum atomic E-state index is 4.62. The first-order valence-electron chi connectivity index (χ1n) is 7.81. The number of aromatic nitrogens is 4. The number of nitrogens with zero attached hydrogens (tertiary/aromatic N) is 5. The van der Waals surface area contributed by atoms with E-state index in [-0.39, 0.29) is 0 Å². The van der Waals surface area contributed by atoms with Gasteiger partial charge in [-0.25, -0.2) is 5.43 Å². The van der Waals surface area contributed by atoms with Gasteiger partial charge in [0.25, 0.3) is 5.95 Å². The maximum absolute atomic E-state index is 4.62. The topological polar surface area (TPSA) is 68.0 Å². The highest BCUT2D eigenvalue weighted by Crippen LogP contribution is 2.26. The minimum atomic E-state index is 0.399. The van der Waals surface area contributed by atoms with E-state index in [2.05, 4.69) is 49.3 Å². The molecule has 0 bridgehead atoms. The van der Waals surface area contributed by atoms with Gasteiger partial charge in [0, 0.05) is 16.8 Å². The molecule has 1 N–H and O–H groups in total. The van der Waals surface area contributed by atoms with Crippen LogP contribution in [-0.4, -0.2) is 26.0 Å². The molecule has 6 nitrogen and oxygen atoms in total. The Balaban J connectivity index is 1.74. The van der Waals surface area contributed by atoms with Gasteiger partial charge in [-0.15, -0.1) is 21.5 Å². The number of hydrogen-bond donors (Lipinski definition) is 1. The summed E-state index contributed by atoms with van der Waals surface area (Å²) in [7, 11) is 0. The van der Waals surface area contributed by atoms with Crippen LogP contribution in [0.4, 0.5) is 5.95 Å². The highest BCUT2D eigenvalue weighted by molar-refractivity contribution is 7.11. The van der Waals surface area contributed by atoms with Gasteiger partial charge in [0.2, 0.25) is 0 Å². The molecule has 0 aliphatic rings. The molecule has 0 saturated heterocycles. The molecule has 3 heterocycles. The minimum absolute atomic E-state index is 0.399. The Labute approximate surface area is 142 Å². The first-order valence-corrected chi connectivity index (χ1v) is 8.69. The largest absolute Gasteiger partial charge is 0.324 e. The van der Waals surface area contributed by atoms with E-state index in [0.29, 0.717) is 5.95 Å². The van der Waals surface area contributed by atoms with Crippen LogP contribution in [0.1, 0.15) is 18.2 Å². The molecule has 120 valence electrons. The Kier molecular flexibility index (Phi) is 3.92. The number of anilines is 1. The van der Waals surface area contributed by atoms with E-state index in [1.165, 1.54) is 0 Å². The summed E-state index contributed by atoms with van der Waals surface area (Å²) in [5, 5.41) is 15.8. The van der Waals surface area contributed by atoms with Crippen LogP contribution in [-0.2, 0) is 6.54 Å². The molecule has 0 aliphatic heterocycles. The van der Waals surface area contributed by atoms with Crippen molar-refractivity contribution in [3.8, 4) is 0 Å². The summed E-state index contributed by atoms with van der Waals surface area (Å²) >= 11 is 1.62. The van der Waals surface area contributed by atoms with E-state index >= 15 is 0 Å². The average molecular weight is 336 g/mol. The van der Waals surface area contributed by atoms with Gasteiger partial charge in [-0.05, 0) is 23.9 Å². The Morgan fingerprint density at radius 1 is 1.21 bits per heavy atom. The number of para-hydroxylation sites is 1. The van der Waals surface area contributed by atoms with E-state index in [1.54, 1.807) is 17.6 Å². The lowest BCUT2D eigenvalue weighted by Crippen LogP contribution is -2.02. The second-order valence-corrected chi connectivity index (χ2v) is 6.34. The molecular weight excluding hydrogens is 320 g/mol. The Morgan fingerprint density at radius 3 is 2.96 bits per heavy atom. The molecule has 0 saturated carbocycles. The van der Waals surface area contributed by atoms with Gasteiger partial charge in [-0.1, -0.05) is 31.2 Å². The van der Waals surface area contributed by atoms with E-state index in [0.717, 1.165) is 39.9 Å². The van der Waals surface area contributed by atoms with E-state index in [9.17, 15) is 0 Å². The number of nitrogens with one attached hydrogen (secondary N) is 1. The fraction of sp³-hybridized carbons (Fsp3) is 0.176. The van der Waals surface area contributed by atoms with E-state index in [4.69, 9.17) is 0 Å². The van der Waals surface area contributed by atoms with Gasteiger partial charge >= 0.3 is 0 Å². The van der Waals surface area contributed by atoms with Gasteiger partial charge in [0.05, 0.1) is 11.7 Å². The summed E-state index contributed by atoms with van der Waals surface area (Å²) in [5.74, 6) is 0.399. The summed E-state index contributed by atoms with van der Waals surface area (Å²) < 4.78 is 2.19. The fourth-order valence-corrected chi connectivity index (χ4v) is 3.30. The van der Waals surface area contributed by atoms with Gasteiger partial charge in [0.15, 0.2) is 5.65 Å². The molecule has 0 atom stereocenters. The Bertz CT molecular complexity index is 1000. The van der Waals surface area contributed by atoms with Crippen molar-refractivity contribution >= 4 is 45.6 Å². The molecule has 3 aromatic heterocycles. The van der Waals surface area contributed by atoms with Crippen molar-refractivity contribution in [1.82, 2.24) is 19.7 Å². The third-order valence-corrected chi connectivity index (χ3v) is 4.53. The van der Waals surface area contributed by atoms with Crippen molar-refractivity contribution in [2.75, 3.05) is 5.43 Å². The summed E-state index contributed by atoms with van der Waals surface area (Å²) in [4.78, 5) is 5.68. The van der Waals surface area contributed by atoms with Crippen molar-refractivity contribution in [3.63, 3.8) is 0 Å². The fourth-order valence-electron chi connectivity index (χ4n) is 2.72. The number of benzene rings is 1. The standard InChI is InChI=1S/C17H16N6S/c1-2-9-23-14-8-4-3-7-13(14)15-16(23)19-17(22-20-15)21-18-11-12-6-5-10-24-12/h3-8,10-11H,2,9H2,1H3,(H,19,21,22)/b18-11+. The molecule has 7 heteroatoms. The van der Waals surface area contributed by atoms with Crippen LogP contribution in [0, 0.1) is 0 Å². The third kappa shape index (κ3) is 2.63. The molecule has 0 fully saturated rings. The molecule has 0 unspecified atom stereocenters. The predicted molar refractivity (Wildman–Crippen MR) is 98.7 cm³/mol. The van der Waals surface area contributed by atoms with Gasteiger partial charge in [0.1, 0.15) is 5.52 Å². The molecule has 0 amide bonds. The number of aryl methyl sites for hydroxylation is 1. The predicted octanol–water partition coefficient (Wildman–Crippen LogP) is 3.90. The van der Waals surface area contributed by atoms with Crippen LogP contribution in [0.5, 0.6) is 0 Å². The molecule has 24 heavy (non-hydrogen) atoms. The second-order valence-electron chi connectivity index (χ2n) is 5.36. The first-order chi connectivity index (χ1) is 11.9. The summed E-state index contributed by atoms with van der Waals surface area (Å²) in [5.41, 5.74) is 5.66. The summed E-state index contributed by atoms with van der Waals surface area (Å²) in [6, 6.07) is 12.2. The SMILES string of the molecule is CCCn1c2ccccc2c2nnc(N/N=C/c3cccs3)nc21. The van der Waals surface area contributed by atoms with Crippen molar-refractivity contribution < 1.29 is 0 Å². The second kappa shape index (κ2) is 6.37. The first kappa shape index (κ1) is 14.8. The summed E-state index contributed by atoms with van der Waals surface area (Å²) in [6.07, 6.45) is 2.77. The number of hydrogen-bond acceptors (Lipinski definition) is 6.